The van der Waals surface area contributed by atoms with Crippen molar-refractivity contribution in [2.24, 2.45) is 4.99 Å². The lowest BCUT2D eigenvalue weighted by molar-refractivity contribution is 0.420. The van der Waals surface area contributed by atoms with Gasteiger partial charge < -0.3 is 5.11 Å². The molecule has 3 aromatic rings. The number of rotatable bonds is 3. The van der Waals surface area contributed by atoms with Crippen LogP contribution in [-0.4, -0.2) is 15.9 Å². The number of para-hydroxylation sites is 1. The maximum atomic E-state index is 12.4. The SMILES string of the molecule is O=c1sc(C=C2C=Nc3ccccc32)c(O)n1Cc1c(Cl)cccc1Cl. The van der Waals surface area contributed by atoms with Gasteiger partial charge in [-0.05, 0) is 24.3 Å². The Kier molecular flexibility index (Phi) is 4.44. The van der Waals surface area contributed by atoms with E-state index >= 15 is 0 Å². The minimum atomic E-state index is -0.284. The summed E-state index contributed by atoms with van der Waals surface area (Å²) in [6, 6.07) is 12.8. The number of aliphatic imine (C=N–C) groups is 1. The Morgan fingerprint density at radius 3 is 2.62 bits per heavy atom. The average molecular weight is 403 g/mol. The molecule has 7 heteroatoms. The summed E-state index contributed by atoms with van der Waals surface area (Å²) in [4.78, 5) is 16.9. The molecular weight excluding hydrogens is 391 g/mol. The van der Waals surface area contributed by atoms with Crippen molar-refractivity contribution in [2.45, 2.75) is 6.54 Å². The first-order valence-corrected chi connectivity index (χ1v) is 9.32. The molecule has 0 atom stereocenters. The Morgan fingerprint density at radius 1 is 1.12 bits per heavy atom. The van der Waals surface area contributed by atoms with Crippen molar-refractivity contribution in [2.75, 3.05) is 0 Å². The van der Waals surface area contributed by atoms with E-state index in [4.69, 9.17) is 23.2 Å². The van der Waals surface area contributed by atoms with Gasteiger partial charge in [-0.2, -0.15) is 0 Å². The second-order valence-corrected chi connectivity index (χ2v) is 7.52. The maximum absolute atomic E-state index is 12.4. The van der Waals surface area contributed by atoms with Gasteiger partial charge in [0.15, 0.2) is 0 Å². The van der Waals surface area contributed by atoms with Crippen LogP contribution in [0.4, 0.5) is 5.69 Å². The highest BCUT2D eigenvalue weighted by molar-refractivity contribution is 7.10. The first-order valence-electron chi connectivity index (χ1n) is 7.75. The number of benzene rings is 2. The number of allylic oxidation sites excluding steroid dienone is 1. The highest BCUT2D eigenvalue weighted by Gasteiger charge is 2.18. The van der Waals surface area contributed by atoms with E-state index in [1.165, 1.54) is 4.57 Å². The summed E-state index contributed by atoms with van der Waals surface area (Å²) in [5.41, 5.74) is 3.28. The van der Waals surface area contributed by atoms with Crippen molar-refractivity contribution in [3.05, 3.63) is 78.2 Å². The van der Waals surface area contributed by atoms with Gasteiger partial charge in [-0.3, -0.25) is 14.4 Å². The number of hydrogen-bond donors (Lipinski definition) is 1. The molecule has 4 nitrogen and oxygen atoms in total. The van der Waals surface area contributed by atoms with E-state index in [0.717, 1.165) is 28.2 Å². The lowest BCUT2D eigenvalue weighted by Crippen LogP contribution is -2.13. The molecule has 1 aromatic heterocycles. The zero-order valence-electron chi connectivity index (χ0n) is 13.3. The molecule has 0 bridgehead atoms. The number of fused-ring (bicyclic) bond motifs is 1. The lowest BCUT2D eigenvalue weighted by atomic mass is 10.1. The van der Waals surface area contributed by atoms with Gasteiger partial charge in [-0.1, -0.05) is 58.8 Å². The van der Waals surface area contributed by atoms with Crippen LogP contribution in [0, 0.1) is 0 Å². The van der Waals surface area contributed by atoms with Gasteiger partial charge in [0.05, 0.1) is 17.1 Å². The Morgan fingerprint density at radius 2 is 1.85 bits per heavy atom. The van der Waals surface area contributed by atoms with E-state index < -0.39 is 0 Å². The summed E-state index contributed by atoms with van der Waals surface area (Å²) in [5, 5.41) is 11.5. The van der Waals surface area contributed by atoms with E-state index in [9.17, 15) is 9.90 Å². The normalized spacial score (nSPS) is 14.2. The molecule has 0 aliphatic carbocycles. The van der Waals surface area contributed by atoms with Crippen molar-refractivity contribution >= 4 is 58.1 Å². The van der Waals surface area contributed by atoms with Crippen LogP contribution in [0.1, 0.15) is 16.0 Å². The number of thiazole rings is 1. The Balaban J connectivity index is 1.74. The van der Waals surface area contributed by atoms with E-state index in [0.29, 0.717) is 20.5 Å². The van der Waals surface area contributed by atoms with Crippen molar-refractivity contribution in [3.8, 4) is 5.88 Å². The van der Waals surface area contributed by atoms with Crippen LogP contribution >= 0.6 is 34.5 Å². The van der Waals surface area contributed by atoms with Gasteiger partial charge in [-0.15, -0.1) is 0 Å². The molecule has 0 saturated carbocycles. The molecule has 0 radical (unpaired) electrons. The Bertz CT molecular complexity index is 1110. The fourth-order valence-corrected chi connectivity index (χ4v) is 4.14. The average Bonchev–Trinajstić information content (AvgIpc) is 3.14. The van der Waals surface area contributed by atoms with Crippen molar-refractivity contribution < 1.29 is 5.11 Å². The van der Waals surface area contributed by atoms with E-state index in [1.807, 2.05) is 24.3 Å². The zero-order chi connectivity index (χ0) is 18.3. The molecule has 1 aliphatic heterocycles. The van der Waals surface area contributed by atoms with Gasteiger partial charge in [-0.25, -0.2) is 0 Å². The smallest absolute Gasteiger partial charge is 0.310 e. The minimum absolute atomic E-state index is 0.105. The molecule has 0 fully saturated rings. The highest BCUT2D eigenvalue weighted by atomic mass is 35.5. The van der Waals surface area contributed by atoms with Gasteiger partial charge in [0, 0.05) is 33.0 Å². The fourth-order valence-electron chi connectivity index (χ4n) is 2.78. The predicted molar refractivity (Wildman–Crippen MR) is 108 cm³/mol. The summed E-state index contributed by atoms with van der Waals surface area (Å²) < 4.78 is 1.27. The standard InChI is InChI=1S/C19H12Cl2N2O2S/c20-14-5-3-6-15(21)13(14)10-23-18(24)17(26-19(23)25)8-11-9-22-16-7-2-1-4-12(11)16/h1-9,24H,10H2. The zero-order valence-corrected chi connectivity index (χ0v) is 15.6. The topological polar surface area (TPSA) is 54.6 Å². The molecule has 26 heavy (non-hydrogen) atoms. The summed E-state index contributed by atoms with van der Waals surface area (Å²) in [6.45, 7) is 0.105. The summed E-state index contributed by atoms with van der Waals surface area (Å²) in [6.07, 6.45) is 3.49. The molecule has 0 saturated heterocycles. The first kappa shape index (κ1) is 17.1. The molecule has 0 unspecified atom stereocenters. The van der Waals surface area contributed by atoms with Crippen LogP contribution in [0.2, 0.25) is 10.0 Å². The van der Waals surface area contributed by atoms with Crippen LogP contribution in [0.3, 0.4) is 0 Å². The van der Waals surface area contributed by atoms with Crippen LogP contribution in [-0.2, 0) is 6.54 Å². The Labute approximate surface area is 163 Å². The third-order valence-corrected chi connectivity index (χ3v) is 5.74. The van der Waals surface area contributed by atoms with Gasteiger partial charge in [0.1, 0.15) is 0 Å². The minimum Gasteiger partial charge on any atom is -0.493 e. The summed E-state index contributed by atoms with van der Waals surface area (Å²) in [5.74, 6) is -0.110. The predicted octanol–water partition coefficient (Wildman–Crippen LogP) is 5.23. The number of aromatic hydroxyl groups is 1. The van der Waals surface area contributed by atoms with Gasteiger partial charge in [0.2, 0.25) is 5.88 Å². The largest absolute Gasteiger partial charge is 0.493 e. The lowest BCUT2D eigenvalue weighted by Gasteiger charge is -2.08. The van der Waals surface area contributed by atoms with E-state index in [2.05, 4.69) is 4.99 Å². The Hall–Kier alpha value is -2.34. The first-order chi connectivity index (χ1) is 12.5. The molecule has 4 rings (SSSR count). The van der Waals surface area contributed by atoms with Crippen molar-refractivity contribution in [1.29, 1.82) is 0 Å². The fraction of sp³-hybridized carbons (Fsp3) is 0.0526. The van der Waals surface area contributed by atoms with Crippen LogP contribution in [0.15, 0.2) is 52.3 Å². The summed E-state index contributed by atoms with van der Waals surface area (Å²) in [7, 11) is 0. The molecular formula is C19H12Cl2N2O2S. The second kappa shape index (κ2) is 6.76. The van der Waals surface area contributed by atoms with E-state index in [-0.39, 0.29) is 17.3 Å². The molecule has 1 aliphatic rings. The van der Waals surface area contributed by atoms with Crippen molar-refractivity contribution in [3.63, 3.8) is 0 Å². The van der Waals surface area contributed by atoms with Crippen LogP contribution < -0.4 is 4.87 Å². The molecule has 130 valence electrons. The molecule has 2 heterocycles. The number of halogens is 2. The van der Waals surface area contributed by atoms with Crippen molar-refractivity contribution in [1.82, 2.24) is 4.57 Å². The molecule has 2 aromatic carbocycles. The summed E-state index contributed by atoms with van der Waals surface area (Å²) >= 11 is 13.3. The quantitative estimate of drug-likeness (QED) is 0.651. The number of nitrogens with zero attached hydrogens (tertiary/aromatic N) is 2. The van der Waals surface area contributed by atoms with Gasteiger partial charge >= 0.3 is 4.87 Å². The number of hydrogen-bond acceptors (Lipinski definition) is 4. The molecule has 0 spiro atoms. The third kappa shape index (κ3) is 2.98. The van der Waals surface area contributed by atoms with Crippen LogP contribution in [0.25, 0.3) is 11.6 Å². The molecule has 1 N–H and O–H groups in total. The second-order valence-electron chi connectivity index (χ2n) is 5.72. The maximum Gasteiger partial charge on any atom is 0.310 e. The third-order valence-electron chi connectivity index (χ3n) is 4.12. The number of aromatic nitrogens is 1. The monoisotopic (exact) mass is 402 g/mol. The molecule has 0 amide bonds. The van der Waals surface area contributed by atoms with Crippen LogP contribution in [0.5, 0.6) is 5.88 Å². The highest BCUT2D eigenvalue weighted by Crippen LogP contribution is 2.35. The van der Waals surface area contributed by atoms with E-state index in [1.54, 1.807) is 30.5 Å². The van der Waals surface area contributed by atoms with Gasteiger partial charge in [0.25, 0.3) is 0 Å².